The standard InChI is InChI=1S/C17H26N2O3/c1-13(2)12-22-16-8-4-3-6-14(16)10-18-17(21)19-9-5-7-15(19)11-20/h3-4,6,8,13,15,20H,5,7,9-12H2,1-2H3,(H,18,21). The minimum absolute atomic E-state index is 0.0293. The van der Waals surface area contributed by atoms with E-state index in [2.05, 4.69) is 19.2 Å². The van der Waals surface area contributed by atoms with Crippen LogP contribution in [0.15, 0.2) is 24.3 Å². The van der Waals surface area contributed by atoms with Gasteiger partial charge in [-0.2, -0.15) is 0 Å². The smallest absolute Gasteiger partial charge is 0.317 e. The van der Waals surface area contributed by atoms with Gasteiger partial charge in [-0.1, -0.05) is 32.0 Å². The van der Waals surface area contributed by atoms with Crippen LogP contribution in [0.4, 0.5) is 4.79 Å². The van der Waals surface area contributed by atoms with Crippen molar-refractivity contribution < 1.29 is 14.6 Å². The number of likely N-dealkylation sites (tertiary alicyclic amines) is 1. The average Bonchev–Trinajstić information content (AvgIpc) is 3.00. The number of nitrogens with one attached hydrogen (secondary N) is 1. The topological polar surface area (TPSA) is 61.8 Å². The summed E-state index contributed by atoms with van der Waals surface area (Å²) < 4.78 is 5.79. The molecule has 122 valence electrons. The van der Waals surface area contributed by atoms with Gasteiger partial charge in [-0.15, -0.1) is 0 Å². The van der Waals surface area contributed by atoms with Gasteiger partial charge in [0.25, 0.3) is 0 Å². The molecule has 1 fully saturated rings. The first kappa shape index (κ1) is 16.6. The Morgan fingerprint density at radius 1 is 1.45 bits per heavy atom. The van der Waals surface area contributed by atoms with Crippen LogP contribution in [0.2, 0.25) is 0 Å². The molecule has 1 aliphatic heterocycles. The third-order valence-corrected chi connectivity index (χ3v) is 3.82. The predicted octanol–water partition coefficient (Wildman–Crippen LogP) is 2.39. The Morgan fingerprint density at radius 2 is 2.23 bits per heavy atom. The van der Waals surface area contributed by atoms with Gasteiger partial charge in [-0.3, -0.25) is 0 Å². The Labute approximate surface area is 132 Å². The molecule has 1 aliphatic rings. The quantitative estimate of drug-likeness (QED) is 0.848. The Bertz CT molecular complexity index is 491. The zero-order chi connectivity index (χ0) is 15.9. The fraction of sp³-hybridized carbons (Fsp3) is 0.588. The second-order valence-corrected chi connectivity index (χ2v) is 6.14. The second kappa shape index (κ2) is 8.03. The van der Waals surface area contributed by atoms with Crippen LogP contribution in [0.1, 0.15) is 32.3 Å². The largest absolute Gasteiger partial charge is 0.493 e. The molecule has 2 N–H and O–H groups in total. The third kappa shape index (κ3) is 4.37. The minimum atomic E-state index is -0.116. The molecule has 5 nitrogen and oxygen atoms in total. The van der Waals surface area contributed by atoms with Crippen LogP contribution in [0.25, 0.3) is 0 Å². The summed E-state index contributed by atoms with van der Waals surface area (Å²) >= 11 is 0. The van der Waals surface area contributed by atoms with E-state index in [1.165, 1.54) is 0 Å². The molecular formula is C17H26N2O3. The summed E-state index contributed by atoms with van der Waals surface area (Å²) in [4.78, 5) is 13.9. The lowest BCUT2D eigenvalue weighted by molar-refractivity contribution is 0.157. The summed E-state index contributed by atoms with van der Waals surface area (Å²) in [6.07, 6.45) is 1.82. The first-order valence-electron chi connectivity index (χ1n) is 7.98. The van der Waals surface area contributed by atoms with E-state index < -0.39 is 0 Å². The van der Waals surface area contributed by atoms with Crippen LogP contribution < -0.4 is 10.1 Å². The van der Waals surface area contributed by atoms with E-state index in [9.17, 15) is 9.90 Å². The maximum absolute atomic E-state index is 12.2. The molecule has 1 aromatic rings. The lowest BCUT2D eigenvalue weighted by Crippen LogP contribution is -2.43. The molecule has 2 amide bonds. The molecule has 22 heavy (non-hydrogen) atoms. The fourth-order valence-electron chi connectivity index (χ4n) is 2.61. The van der Waals surface area contributed by atoms with E-state index in [4.69, 9.17) is 4.74 Å². The molecule has 1 saturated heterocycles. The molecule has 0 bridgehead atoms. The van der Waals surface area contributed by atoms with Crippen molar-refractivity contribution in [2.75, 3.05) is 19.8 Å². The highest BCUT2D eigenvalue weighted by Gasteiger charge is 2.27. The summed E-state index contributed by atoms with van der Waals surface area (Å²) in [5.74, 6) is 1.27. The van der Waals surface area contributed by atoms with Crippen LogP contribution in [-0.4, -0.2) is 41.8 Å². The number of urea groups is 1. The van der Waals surface area contributed by atoms with Crippen molar-refractivity contribution in [2.24, 2.45) is 5.92 Å². The molecule has 0 radical (unpaired) electrons. The molecule has 0 aliphatic carbocycles. The van der Waals surface area contributed by atoms with Crippen LogP contribution in [-0.2, 0) is 6.54 Å². The van der Waals surface area contributed by atoms with E-state index in [-0.39, 0.29) is 18.7 Å². The van der Waals surface area contributed by atoms with Gasteiger partial charge in [0.15, 0.2) is 0 Å². The molecule has 0 saturated carbocycles. The summed E-state index contributed by atoms with van der Waals surface area (Å²) in [7, 11) is 0. The fourth-order valence-corrected chi connectivity index (χ4v) is 2.61. The van der Waals surface area contributed by atoms with E-state index >= 15 is 0 Å². The second-order valence-electron chi connectivity index (χ2n) is 6.14. The number of aliphatic hydroxyl groups excluding tert-OH is 1. The van der Waals surface area contributed by atoms with Crippen LogP contribution >= 0.6 is 0 Å². The third-order valence-electron chi connectivity index (χ3n) is 3.82. The maximum Gasteiger partial charge on any atom is 0.317 e. The van der Waals surface area contributed by atoms with Crippen molar-refractivity contribution in [1.82, 2.24) is 10.2 Å². The highest BCUT2D eigenvalue weighted by Crippen LogP contribution is 2.20. The molecule has 2 rings (SSSR count). The van der Waals surface area contributed by atoms with Gasteiger partial charge >= 0.3 is 6.03 Å². The normalized spacial score (nSPS) is 17.8. The molecule has 1 heterocycles. The Kier molecular flexibility index (Phi) is 6.07. The number of nitrogens with zero attached hydrogens (tertiary/aromatic N) is 1. The number of para-hydroxylation sites is 1. The highest BCUT2D eigenvalue weighted by molar-refractivity contribution is 5.75. The number of rotatable bonds is 6. The lowest BCUT2D eigenvalue weighted by atomic mass is 10.2. The average molecular weight is 306 g/mol. The number of carbonyl (C=O) groups excluding carboxylic acids is 1. The van der Waals surface area contributed by atoms with E-state index in [1.807, 2.05) is 24.3 Å². The highest BCUT2D eigenvalue weighted by atomic mass is 16.5. The summed E-state index contributed by atoms with van der Waals surface area (Å²) in [5.41, 5.74) is 0.969. The van der Waals surface area contributed by atoms with Crippen molar-refractivity contribution in [3.8, 4) is 5.75 Å². The van der Waals surface area contributed by atoms with Crippen LogP contribution in [0.5, 0.6) is 5.75 Å². The van der Waals surface area contributed by atoms with E-state index in [0.29, 0.717) is 25.6 Å². The SMILES string of the molecule is CC(C)COc1ccccc1CNC(=O)N1CCCC1CO. The molecule has 0 aromatic heterocycles. The molecule has 1 aromatic carbocycles. The van der Waals surface area contributed by atoms with Gasteiger partial charge in [0.05, 0.1) is 19.3 Å². The van der Waals surface area contributed by atoms with E-state index in [0.717, 1.165) is 24.2 Å². The van der Waals surface area contributed by atoms with Crippen molar-refractivity contribution in [3.63, 3.8) is 0 Å². The summed E-state index contributed by atoms with van der Waals surface area (Å²) in [5, 5.41) is 12.2. The van der Waals surface area contributed by atoms with Gasteiger partial charge in [0, 0.05) is 18.7 Å². The molecule has 1 unspecified atom stereocenters. The van der Waals surface area contributed by atoms with Gasteiger partial charge in [0.2, 0.25) is 0 Å². The van der Waals surface area contributed by atoms with Crippen LogP contribution in [0.3, 0.4) is 0 Å². The van der Waals surface area contributed by atoms with Gasteiger partial charge < -0.3 is 20.1 Å². The van der Waals surface area contributed by atoms with Crippen molar-refractivity contribution >= 4 is 6.03 Å². The number of amides is 2. The molecule has 1 atom stereocenters. The zero-order valence-corrected chi connectivity index (χ0v) is 13.4. The first-order valence-corrected chi connectivity index (χ1v) is 7.98. The monoisotopic (exact) mass is 306 g/mol. The van der Waals surface area contributed by atoms with Gasteiger partial charge in [0.1, 0.15) is 5.75 Å². The van der Waals surface area contributed by atoms with Gasteiger partial charge in [-0.25, -0.2) is 4.79 Å². The Balaban J connectivity index is 1.92. The zero-order valence-electron chi connectivity index (χ0n) is 13.4. The number of ether oxygens (including phenoxy) is 1. The molecule has 0 spiro atoms. The molecule has 5 heteroatoms. The number of aliphatic hydroxyl groups is 1. The minimum Gasteiger partial charge on any atom is -0.493 e. The number of hydrogen-bond donors (Lipinski definition) is 2. The van der Waals surface area contributed by atoms with Crippen LogP contribution in [0, 0.1) is 5.92 Å². The summed E-state index contributed by atoms with van der Waals surface area (Å²) in [6, 6.07) is 7.60. The first-order chi connectivity index (χ1) is 10.6. The van der Waals surface area contributed by atoms with Gasteiger partial charge in [-0.05, 0) is 24.8 Å². The number of hydrogen-bond acceptors (Lipinski definition) is 3. The van der Waals surface area contributed by atoms with Crippen molar-refractivity contribution in [1.29, 1.82) is 0 Å². The lowest BCUT2D eigenvalue weighted by Gasteiger charge is -2.23. The number of benzene rings is 1. The van der Waals surface area contributed by atoms with Crippen molar-refractivity contribution in [2.45, 2.75) is 39.3 Å². The maximum atomic E-state index is 12.2. The van der Waals surface area contributed by atoms with Crippen molar-refractivity contribution in [3.05, 3.63) is 29.8 Å². The Hall–Kier alpha value is -1.75. The molecular weight excluding hydrogens is 280 g/mol. The summed E-state index contributed by atoms with van der Waals surface area (Å²) in [6.45, 7) is 6.04. The predicted molar refractivity (Wildman–Crippen MR) is 85.8 cm³/mol. The number of carbonyl (C=O) groups is 1. The Morgan fingerprint density at radius 3 is 2.95 bits per heavy atom. The van der Waals surface area contributed by atoms with E-state index in [1.54, 1.807) is 4.90 Å².